The van der Waals surface area contributed by atoms with E-state index in [1.165, 1.54) is 0 Å². The van der Waals surface area contributed by atoms with Crippen LogP contribution in [0.2, 0.25) is 0 Å². The minimum atomic E-state index is -1.17. The van der Waals surface area contributed by atoms with Gasteiger partial charge in [-0.3, -0.25) is 0 Å². The number of nitrogens with one attached hydrogen (secondary N) is 2. The van der Waals surface area contributed by atoms with Gasteiger partial charge >= 0.3 is 18.2 Å². The standard InChI is InChI=1S/C30H32N2O6/c1-30(2,3)38-29(36)32-26(27(33)34)16-19-9-8-10-20(15-19)17-31-28(35)37-18-25-23-13-6-4-11-21(23)22-12-5-7-14-24(22)25/h4-15,25-26H,16-18H2,1-3H3,(H,31,35)(H,32,36)(H,33,34)/t26-/m0/s1. The summed E-state index contributed by atoms with van der Waals surface area (Å²) in [6.45, 7) is 5.54. The Morgan fingerprint density at radius 3 is 2.08 bits per heavy atom. The Hall–Kier alpha value is -4.33. The largest absolute Gasteiger partial charge is 0.480 e. The van der Waals surface area contributed by atoms with Crippen molar-refractivity contribution in [2.24, 2.45) is 0 Å². The molecule has 1 atom stereocenters. The van der Waals surface area contributed by atoms with Crippen molar-refractivity contribution in [3.8, 4) is 11.1 Å². The van der Waals surface area contributed by atoms with Crippen molar-refractivity contribution < 1.29 is 29.0 Å². The Bertz CT molecular complexity index is 1280. The molecule has 0 heterocycles. The number of amides is 2. The minimum absolute atomic E-state index is 0.0260. The highest BCUT2D eigenvalue weighted by Gasteiger charge is 2.29. The van der Waals surface area contributed by atoms with Crippen LogP contribution in [0.3, 0.4) is 0 Å². The lowest BCUT2D eigenvalue weighted by Gasteiger charge is -2.22. The van der Waals surface area contributed by atoms with Gasteiger partial charge in [-0.1, -0.05) is 72.8 Å². The average molecular weight is 517 g/mol. The van der Waals surface area contributed by atoms with Crippen molar-refractivity contribution in [2.75, 3.05) is 6.61 Å². The summed E-state index contributed by atoms with van der Waals surface area (Å²) < 4.78 is 10.8. The number of ether oxygens (including phenoxy) is 2. The molecule has 4 rings (SSSR count). The van der Waals surface area contributed by atoms with Crippen LogP contribution in [0.4, 0.5) is 9.59 Å². The maximum absolute atomic E-state index is 12.5. The number of carboxylic acids is 1. The summed E-state index contributed by atoms with van der Waals surface area (Å²) in [5, 5.41) is 14.7. The van der Waals surface area contributed by atoms with Gasteiger partial charge in [-0.15, -0.1) is 0 Å². The zero-order valence-corrected chi connectivity index (χ0v) is 21.7. The molecule has 3 aromatic carbocycles. The van der Waals surface area contributed by atoms with E-state index in [4.69, 9.17) is 9.47 Å². The number of carbonyl (C=O) groups is 3. The molecule has 8 heteroatoms. The Morgan fingerprint density at radius 2 is 1.47 bits per heavy atom. The van der Waals surface area contributed by atoms with Gasteiger partial charge in [0.2, 0.25) is 0 Å². The van der Waals surface area contributed by atoms with Crippen molar-refractivity contribution >= 4 is 18.2 Å². The quantitative estimate of drug-likeness (QED) is 0.377. The zero-order chi connectivity index (χ0) is 27.3. The molecule has 0 spiro atoms. The van der Waals surface area contributed by atoms with E-state index in [0.29, 0.717) is 5.56 Å². The maximum atomic E-state index is 12.5. The van der Waals surface area contributed by atoms with E-state index < -0.39 is 29.8 Å². The zero-order valence-electron chi connectivity index (χ0n) is 21.7. The molecule has 0 bridgehead atoms. The molecule has 38 heavy (non-hydrogen) atoms. The van der Waals surface area contributed by atoms with Crippen molar-refractivity contribution in [2.45, 2.75) is 51.3 Å². The van der Waals surface area contributed by atoms with E-state index in [2.05, 4.69) is 34.9 Å². The van der Waals surface area contributed by atoms with E-state index in [1.54, 1.807) is 39.0 Å². The summed E-state index contributed by atoms with van der Waals surface area (Å²) in [6, 6.07) is 22.3. The van der Waals surface area contributed by atoms with Gasteiger partial charge in [0.05, 0.1) is 0 Å². The molecule has 1 aliphatic carbocycles. The molecule has 0 aromatic heterocycles. The lowest BCUT2D eigenvalue weighted by molar-refractivity contribution is -0.139. The van der Waals surface area contributed by atoms with Crippen LogP contribution in [0.15, 0.2) is 72.8 Å². The number of fused-ring (bicyclic) bond motifs is 3. The normalized spacial score (nSPS) is 13.1. The molecule has 0 saturated carbocycles. The SMILES string of the molecule is CC(C)(C)OC(=O)N[C@@H](Cc1cccc(CNC(=O)OCC2c3ccccc3-c3ccccc32)c1)C(=O)O. The molecule has 0 radical (unpaired) electrons. The molecule has 0 saturated heterocycles. The number of aliphatic carboxylic acids is 1. The number of hydrogen-bond acceptors (Lipinski definition) is 5. The summed E-state index contributed by atoms with van der Waals surface area (Å²) in [6.07, 6.45) is -1.27. The summed E-state index contributed by atoms with van der Waals surface area (Å²) >= 11 is 0. The predicted octanol–water partition coefficient (Wildman–Crippen LogP) is 5.25. The van der Waals surface area contributed by atoms with Crippen LogP contribution in [0, 0.1) is 0 Å². The maximum Gasteiger partial charge on any atom is 0.408 e. The number of hydrogen-bond donors (Lipinski definition) is 3. The molecule has 198 valence electrons. The van der Waals surface area contributed by atoms with E-state index in [1.807, 2.05) is 30.3 Å². The second-order valence-corrected chi connectivity index (χ2v) is 10.2. The molecule has 1 aliphatic rings. The van der Waals surface area contributed by atoms with Gasteiger partial charge in [0.15, 0.2) is 0 Å². The molecule has 0 fully saturated rings. The number of benzene rings is 3. The highest BCUT2D eigenvalue weighted by Crippen LogP contribution is 2.44. The summed E-state index contributed by atoms with van der Waals surface area (Å²) in [5.41, 5.74) is 5.34. The number of rotatable bonds is 8. The first kappa shape index (κ1) is 26.7. The van der Waals surface area contributed by atoms with Gasteiger partial charge in [-0.05, 0) is 54.2 Å². The van der Waals surface area contributed by atoms with Crippen LogP contribution >= 0.6 is 0 Å². The van der Waals surface area contributed by atoms with Crippen LogP contribution in [0.1, 0.15) is 48.9 Å². The highest BCUT2D eigenvalue weighted by atomic mass is 16.6. The first-order valence-electron chi connectivity index (χ1n) is 12.5. The van der Waals surface area contributed by atoms with Crippen LogP contribution in [0.25, 0.3) is 11.1 Å². The molecular formula is C30H32N2O6. The lowest BCUT2D eigenvalue weighted by Crippen LogP contribution is -2.44. The number of carbonyl (C=O) groups excluding carboxylic acids is 2. The smallest absolute Gasteiger partial charge is 0.408 e. The Kier molecular flexibility index (Phi) is 8.00. The van der Waals surface area contributed by atoms with Crippen LogP contribution < -0.4 is 10.6 Å². The molecular weight excluding hydrogens is 484 g/mol. The van der Waals surface area contributed by atoms with Crippen molar-refractivity contribution in [3.63, 3.8) is 0 Å². The molecule has 3 aromatic rings. The lowest BCUT2D eigenvalue weighted by atomic mass is 9.98. The second kappa shape index (κ2) is 11.4. The third kappa shape index (κ3) is 6.70. The van der Waals surface area contributed by atoms with Crippen LogP contribution in [0.5, 0.6) is 0 Å². The van der Waals surface area contributed by atoms with Gasteiger partial charge in [0.25, 0.3) is 0 Å². The van der Waals surface area contributed by atoms with Gasteiger partial charge in [-0.2, -0.15) is 0 Å². The summed E-state index contributed by atoms with van der Waals surface area (Å²) in [7, 11) is 0. The van der Waals surface area contributed by atoms with Gasteiger partial charge in [-0.25, -0.2) is 14.4 Å². The highest BCUT2D eigenvalue weighted by molar-refractivity contribution is 5.80. The van der Waals surface area contributed by atoms with E-state index in [-0.39, 0.29) is 25.5 Å². The topological polar surface area (TPSA) is 114 Å². The summed E-state index contributed by atoms with van der Waals surface area (Å²) in [5.74, 6) is -1.19. The van der Waals surface area contributed by atoms with Crippen molar-refractivity contribution in [3.05, 3.63) is 95.1 Å². The van der Waals surface area contributed by atoms with E-state index >= 15 is 0 Å². The predicted molar refractivity (Wildman–Crippen MR) is 143 cm³/mol. The third-order valence-electron chi connectivity index (χ3n) is 6.20. The Morgan fingerprint density at radius 1 is 0.868 bits per heavy atom. The number of alkyl carbamates (subject to hydrolysis) is 2. The van der Waals surface area contributed by atoms with E-state index in [9.17, 15) is 19.5 Å². The van der Waals surface area contributed by atoms with Crippen LogP contribution in [-0.2, 0) is 27.2 Å². The Balaban J connectivity index is 1.32. The van der Waals surface area contributed by atoms with Gasteiger partial charge in [0, 0.05) is 18.9 Å². The molecule has 8 nitrogen and oxygen atoms in total. The van der Waals surface area contributed by atoms with Gasteiger partial charge in [0.1, 0.15) is 18.2 Å². The first-order valence-corrected chi connectivity index (χ1v) is 12.5. The average Bonchev–Trinajstić information content (AvgIpc) is 3.18. The third-order valence-corrected chi connectivity index (χ3v) is 6.20. The van der Waals surface area contributed by atoms with E-state index in [0.717, 1.165) is 27.8 Å². The first-order chi connectivity index (χ1) is 18.1. The summed E-state index contributed by atoms with van der Waals surface area (Å²) in [4.78, 5) is 36.3. The fourth-order valence-electron chi connectivity index (χ4n) is 4.58. The van der Waals surface area contributed by atoms with Crippen molar-refractivity contribution in [1.29, 1.82) is 0 Å². The minimum Gasteiger partial charge on any atom is -0.480 e. The van der Waals surface area contributed by atoms with Crippen molar-refractivity contribution in [1.82, 2.24) is 10.6 Å². The number of carboxylic acid groups (broad SMARTS) is 1. The fraction of sp³-hybridized carbons (Fsp3) is 0.300. The molecule has 2 amide bonds. The van der Waals surface area contributed by atoms with Crippen LogP contribution in [-0.4, -0.2) is 41.5 Å². The second-order valence-electron chi connectivity index (χ2n) is 10.2. The monoisotopic (exact) mass is 516 g/mol. The molecule has 3 N–H and O–H groups in total. The fourth-order valence-corrected chi connectivity index (χ4v) is 4.58. The van der Waals surface area contributed by atoms with Gasteiger partial charge < -0.3 is 25.2 Å². The molecule has 0 aliphatic heterocycles. The Labute approximate surface area is 222 Å². The molecule has 0 unspecified atom stereocenters.